The van der Waals surface area contributed by atoms with Crippen LogP contribution in [-0.4, -0.2) is 23.8 Å². The van der Waals surface area contributed by atoms with Crippen LogP contribution in [0.25, 0.3) is 0 Å². The lowest BCUT2D eigenvalue weighted by Crippen LogP contribution is -2.18. The van der Waals surface area contributed by atoms with E-state index in [1.807, 2.05) is 0 Å². The molecule has 0 fully saturated rings. The summed E-state index contributed by atoms with van der Waals surface area (Å²) in [6, 6.07) is 10.1. The van der Waals surface area contributed by atoms with Gasteiger partial charge in [-0.2, -0.15) is 0 Å². The van der Waals surface area contributed by atoms with Gasteiger partial charge in [0.05, 0.1) is 4.92 Å². The molecule has 8 heteroatoms. The molecule has 2 aromatic rings. The van der Waals surface area contributed by atoms with Crippen molar-refractivity contribution < 1.29 is 14.5 Å². The number of anilines is 2. The molecule has 0 unspecified atom stereocenters. The minimum atomic E-state index is -0.654. The van der Waals surface area contributed by atoms with E-state index in [9.17, 15) is 19.7 Å². The third-order valence-electron chi connectivity index (χ3n) is 3.10. The van der Waals surface area contributed by atoms with E-state index >= 15 is 0 Å². The first-order valence-electron chi connectivity index (χ1n) is 6.60. The molecule has 2 aromatic carbocycles. The molecule has 0 aliphatic heterocycles. The monoisotopic (exact) mass is 314 g/mol. The number of nitrogens with zero attached hydrogens (tertiary/aromatic N) is 1. The van der Waals surface area contributed by atoms with Crippen molar-refractivity contribution in [1.82, 2.24) is 5.32 Å². The first-order chi connectivity index (χ1) is 10.9. The lowest BCUT2D eigenvalue weighted by atomic mass is 10.1. The molecular weight excluding hydrogens is 300 g/mol. The van der Waals surface area contributed by atoms with Crippen LogP contribution < -0.4 is 16.4 Å². The van der Waals surface area contributed by atoms with Gasteiger partial charge in [-0.15, -0.1) is 0 Å². The van der Waals surface area contributed by atoms with Crippen LogP contribution in [0.4, 0.5) is 17.1 Å². The maximum absolute atomic E-state index is 12.2. The lowest BCUT2D eigenvalue weighted by Gasteiger charge is -2.07. The molecule has 23 heavy (non-hydrogen) atoms. The van der Waals surface area contributed by atoms with E-state index in [2.05, 4.69) is 10.6 Å². The van der Waals surface area contributed by atoms with E-state index in [0.717, 1.165) is 6.07 Å². The van der Waals surface area contributed by atoms with Gasteiger partial charge in [0.2, 0.25) is 0 Å². The van der Waals surface area contributed by atoms with Crippen molar-refractivity contribution in [1.29, 1.82) is 0 Å². The highest BCUT2D eigenvalue weighted by molar-refractivity contribution is 6.05. The summed E-state index contributed by atoms with van der Waals surface area (Å²) in [6.45, 7) is 0. The highest BCUT2D eigenvalue weighted by atomic mass is 16.6. The molecule has 0 bridgehead atoms. The van der Waals surface area contributed by atoms with E-state index in [4.69, 9.17) is 5.73 Å². The number of benzene rings is 2. The van der Waals surface area contributed by atoms with Crippen LogP contribution in [-0.2, 0) is 0 Å². The summed E-state index contributed by atoms with van der Waals surface area (Å²) in [5.41, 5.74) is 6.01. The van der Waals surface area contributed by atoms with Crippen molar-refractivity contribution in [3.8, 4) is 0 Å². The molecule has 2 rings (SSSR count). The zero-order valence-corrected chi connectivity index (χ0v) is 12.2. The minimum Gasteiger partial charge on any atom is -0.393 e. The molecule has 0 radical (unpaired) electrons. The van der Waals surface area contributed by atoms with E-state index in [0.29, 0.717) is 11.3 Å². The van der Waals surface area contributed by atoms with Gasteiger partial charge in [0, 0.05) is 29.9 Å². The average molecular weight is 314 g/mol. The maximum Gasteiger partial charge on any atom is 0.292 e. The van der Waals surface area contributed by atoms with E-state index in [1.165, 1.54) is 25.2 Å². The molecule has 4 N–H and O–H groups in total. The minimum absolute atomic E-state index is 0.0202. The summed E-state index contributed by atoms with van der Waals surface area (Å²) in [7, 11) is 1.50. The van der Waals surface area contributed by atoms with Crippen molar-refractivity contribution >= 4 is 28.9 Å². The number of hydrogen-bond donors (Lipinski definition) is 3. The fraction of sp³-hybridized carbons (Fsp3) is 0.0667. The SMILES string of the molecule is CNC(=O)c1cccc(NC(=O)c2ccc(N)c([N+](=O)[O-])c2)c1. The highest BCUT2D eigenvalue weighted by Crippen LogP contribution is 2.23. The molecule has 118 valence electrons. The van der Waals surface area contributed by atoms with Crippen LogP contribution in [0.2, 0.25) is 0 Å². The highest BCUT2D eigenvalue weighted by Gasteiger charge is 2.16. The Kier molecular flexibility index (Phi) is 4.55. The zero-order chi connectivity index (χ0) is 17.0. The molecule has 0 atom stereocenters. The molecule has 0 spiro atoms. The van der Waals surface area contributed by atoms with Crippen molar-refractivity contribution in [2.75, 3.05) is 18.1 Å². The zero-order valence-electron chi connectivity index (χ0n) is 12.2. The number of rotatable bonds is 4. The summed E-state index contributed by atoms with van der Waals surface area (Å²) in [4.78, 5) is 33.9. The Hall–Kier alpha value is -3.42. The Balaban J connectivity index is 2.24. The average Bonchev–Trinajstić information content (AvgIpc) is 2.54. The standard InChI is InChI=1S/C15H14N4O4/c1-17-14(20)9-3-2-4-11(7-9)18-15(21)10-5-6-12(16)13(8-10)19(22)23/h2-8H,16H2,1H3,(H,17,20)(H,18,21). The first kappa shape index (κ1) is 16.0. The lowest BCUT2D eigenvalue weighted by molar-refractivity contribution is -0.383. The summed E-state index contributed by atoms with van der Waals surface area (Å²) in [5, 5.41) is 15.9. The predicted molar refractivity (Wildman–Crippen MR) is 85.3 cm³/mol. The smallest absolute Gasteiger partial charge is 0.292 e. The molecule has 8 nitrogen and oxygen atoms in total. The van der Waals surface area contributed by atoms with Gasteiger partial charge in [-0.05, 0) is 30.3 Å². The summed E-state index contributed by atoms with van der Waals surface area (Å²) < 4.78 is 0. The van der Waals surface area contributed by atoms with Gasteiger partial charge >= 0.3 is 0 Å². The molecule has 0 saturated carbocycles. The van der Waals surface area contributed by atoms with Crippen LogP contribution in [0.5, 0.6) is 0 Å². The number of carbonyl (C=O) groups is 2. The normalized spacial score (nSPS) is 9.96. The van der Waals surface area contributed by atoms with Crippen molar-refractivity contribution in [2.24, 2.45) is 0 Å². The Labute approximate surface area is 131 Å². The molecule has 0 aliphatic carbocycles. The van der Waals surface area contributed by atoms with Gasteiger partial charge in [0.15, 0.2) is 0 Å². The van der Waals surface area contributed by atoms with Crippen LogP contribution in [0.15, 0.2) is 42.5 Å². The van der Waals surface area contributed by atoms with E-state index in [-0.39, 0.29) is 22.8 Å². The van der Waals surface area contributed by atoms with Crippen molar-refractivity contribution in [3.05, 3.63) is 63.7 Å². The molecule has 0 aliphatic rings. The summed E-state index contributed by atoms with van der Waals surface area (Å²) in [6.07, 6.45) is 0. The Morgan fingerprint density at radius 3 is 2.43 bits per heavy atom. The molecule has 0 aromatic heterocycles. The van der Waals surface area contributed by atoms with Gasteiger partial charge in [-0.25, -0.2) is 0 Å². The largest absolute Gasteiger partial charge is 0.393 e. The summed E-state index contributed by atoms with van der Waals surface area (Å²) in [5.74, 6) is -0.827. The maximum atomic E-state index is 12.2. The van der Waals surface area contributed by atoms with Gasteiger partial charge in [-0.3, -0.25) is 19.7 Å². The quantitative estimate of drug-likeness (QED) is 0.450. The molecular formula is C15H14N4O4. The van der Waals surface area contributed by atoms with Gasteiger partial charge in [0.1, 0.15) is 5.69 Å². The number of nitrogens with one attached hydrogen (secondary N) is 2. The second kappa shape index (κ2) is 6.56. The number of nitrogen functional groups attached to an aromatic ring is 1. The van der Waals surface area contributed by atoms with E-state index < -0.39 is 10.8 Å². The predicted octanol–water partition coefficient (Wildman–Crippen LogP) is 1.79. The number of nitrogens with two attached hydrogens (primary N) is 1. The van der Waals surface area contributed by atoms with E-state index in [1.54, 1.807) is 18.2 Å². The summed E-state index contributed by atoms with van der Waals surface area (Å²) >= 11 is 0. The Morgan fingerprint density at radius 2 is 1.78 bits per heavy atom. The molecule has 0 saturated heterocycles. The number of amides is 2. The number of nitro groups is 1. The number of nitro benzene ring substituents is 1. The van der Waals surface area contributed by atoms with Crippen molar-refractivity contribution in [3.63, 3.8) is 0 Å². The third kappa shape index (κ3) is 3.62. The van der Waals surface area contributed by atoms with Crippen LogP contribution in [0.1, 0.15) is 20.7 Å². The van der Waals surface area contributed by atoms with Gasteiger partial charge in [0.25, 0.3) is 17.5 Å². The fourth-order valence-electron chi connectivity index (χ4n) is 1.93. The van der Waals surface area contributed by atoms with Crippen LogP contribution >= 0.6 is 0 Å². The third-order valence-corrected chi connectivity index (χ3v) is 3.10. The number of hydrogen-bond acceptors (Lipinski definition) is 5. The molecule has 2 amide bonds. The van der Waals surface area contributed by atoms with Crippen molar-refractivity contribution in [2.45, 2.75) is 0 Å². The fourth-order valence-corrected chi connectivity index (χ4v) is 1.93. The Morgan fingerprint density at radius 1 is 1.09 bits per heavy atom. The number of carbonyl (C=O) groups excluding carboxylic acids is 2. The molecule has 0 heterocycles. The van der Waals surface area contributed by atoms with Crippen LogP contribution in [0.3, 0.4) is 0 Å². The van der Waals surface area contributed by atoms with Gasteiger partial charge in [-0.1, -0.05) is 6.07 Å². The first-order valence-corrected chi connectivity index (χ1v) is 6.60. The Bertz CT molecular complexity index is 789. The van der Waals surface area contributed by atoms with Crippen LogP contribution in [0, 0.1) is 10.1 Å². The topological polar surface area (TPSA) is 127 Å². The second-order valence-electron chi connectivity index (χ2n) is 4.64. The second-order valence-corrected chi connectivity index (χ2v) is 4.64. The van der Waals surface area contributed by atoms with Gasteiger partial charge < -0.3 is 16.4 Å².